The Labute approximate surface area is 78.9 Å². The minimum Gasteiger partial charge on any atom is -0.477 e. The molecule has 2 rings (SSSR count). The van der Waals surface area contributed by atoms with E-state index in [1.165, 1.54) is 6.20 Å². The second kappa shape index (κ2) is 2.78. The van der Waals surface area contributed by atoms with Gasteiger partial charge in [-0.05, 0) is 19.3 Å². The topological polar surface area (TPSA) is 70.4 Å². The molecule has 0 aromatic carbocycles. The first-order chi connectivity index (χ1) is 6.12. The number of carboxylic acids is 1. The minimum atomic E-state index is -0.980. The van der Waals surface area contributed by atoms with Crippen molar-refractivity contribution in [2.75, 3.05) is 0 Å². The largest absolute Gasteiger partial charge is 0.477 e. The summed E-state index contributed by atoms with van der Waals surface area (Å²) in [5, 5.41) is 19.0. The number of hydrogen-bond acceptors (Lipinski definition) is 4. The fourth-order valence-corrected chi connectivity index (χ4v) is 2.21. The third-order valence-corrected chi connectivity index (χ3v) is 3.47. The number of hydrogen-bond donors (Lipinski definition) is 2. The summed E-state index contributed by atoms with van der Waals surface area (Å²) in [5.41, 5.74) is -0.835. The molecule has 0 bridgehead atoms. The molecule has 1 aliphatic carbocycles. The zero-order valence-corrected chi connectivity index (χ0v) is 7.67. The summed E-state index contributed by atoms with van der Waals surface area (Å²) in [6, 6.07) is 0. The quantitative estimate of drug-likeness (QED) is 0.751. The number of nitrogens with zero attached hydrogens (tertiary/aromatic N) is 1. The molecule has 0 atom stereocenters. The smallest absolute Gasteiger partial charge is 0.347 e. The predicted molar refractivity (Wildman–Crippen MR) is 46.8 cm³/mol. The zero-order chi connectivity index (χ0) is 9.47. The highest BCUT2D eigenvalue weighted by atomic mass is 32.1. The molecule has 5 heteroatoms. The van der Waals surface area contributed by atoms with E-state index in [0.717, 1.165) is 17.8 Å². The van der Waals surface area contributed by atoms with Crippen molar-refractivity contribution in [1.29, 1.82) is 0 Å². The number of thiazole rings is 1. The van der Waals surface area contributed by atoms with Crippen LogP contribution in [-0.4, -0.2) is 21.2 Å². The van der Waals surface area contributed by atoms with Crippen LogP contribution in [0.1, 0.15) is 33.9 Å². The number of aliphatic hydroxyl groups is 1. The van der Waals surface area contributed by atoms with Gasteiger partial charge >= 0.3 is 5.97 Å². The van der Waals surface area contributed by atoms with E-state index in [9.17, 15) is 9.90 Å². The van der Waals surface area contributed by atoms with Crippen molar-refractivity contribution < 1.29 is 15.0 Å². The maximum absolute atomic E-state index is 10.5. The van der Waals surface area contributed by atoms with E-state index in [1.807, 2.05) is 0 Å². The van der Waals surface area contributed by atoms with Crippen LogP contribution in [0.4, 0.5) is 0 Å². The normalized spacial score (nSPS) is 19.5. The SMILES string of the molecule is O=C(O)c1cnc(C2(O)CCC2)s1. The Morgan fingerprint density at radius 3 is 2.69 bits per heavy atom. The van der Waals surface area contributed by atoms with Gasteiger partial charge in [0.2, 0.25) is 0 Å². The molecule has 1 saturated carbocycles. The van der Waals surface area contributed by atoms with Crippen LogP contribution in [0.5, 0.6) is 0 Å². The van der Waals surface area contributed by atoms with Crippen LogP contribution in [0, 0.1) is 0 Å². The molecular formula is C8H9NO3S. The predicted octanol–water partition coefficient (Wildman–Crippen LogP) is 1.21. The number of aromatic carboxylic acids is 1. The first-order valence-electron chi connectivity index (χ1n) is 4.04. The Kier molecular flexibility index (Phi) is 1.85. The van der Waals surface area contributed by atoms with Crippen LogP contribution >= 0.6 is 11.3 Å². The van der Waals surface area contributed by atoms with Crippen molar-refractivity contribution in [3.63, 3.8) is 0 Å². The van der Waals surface area contributed by atoms with E-state index in [0.29, 0.717) is 17.8 Å². The van der Waals surface area contributed by atoms with Gasteiger partial charge < -0.3 is 10.2 Å². The highest BCUT2D eigenvalue weighted by molar-refractivity contribution is 7.13. The van der Waals surface area contributed by atoms with Crippen molar-refractivity contribution in [3.8, 4) is 0 Å². The van der Waals surface area contributed by atoms with Gasteiger partial charge in [0.25, 0.3) is 0 Å². The number of carboxylic acid groups (broad SMARTS) is 1. The molecule has 0 amide bonds. The molecule has 0 radical (unpaired) electrons. The molecule has 0 unspecified atom stereocenters. The maximum atomic E-state index is 10.5. The first kappa shape index (κ1) is 8.65. The second-order valence-electron chi connectivity index (χ2n) is 3.22. The minimum absolute atomic E-state index is 0.190. The lowest BCUT2D eigenvalue weighted by Gasteiger charge is -2.34. The first-order valence-corrected chi connectivity index (χ1v) is 4.85. The van der Waals surface area contributed by atoms with Crippen LogP contribution in [0.15, 0.2) is 6.20 Å². The van der Waals surface area contributed by atoms with Crippen LogP contribution in [0.3, 0.4) is 0 Å². The molecule has 1 fully saturated rings. The van der Waals surface area contributed by atoms with E-state index < -0.39 is 11.6 Å². The van der Waals surface area contributed by atoms with Gasteiger partial charge in [0.15, 0.2) is 0 Å². The number of aromatic nitrogens is 1. The zero-order valence-electron chi connectivity index (χ0n) is 6.86. The average molecular weight is 199 g/mol. The average Bonchev–Trinajstić information content (AvgIpc) is 2.48. The molecule has 4 nitrogen and oxygen atoms in total. The summed E-state index contributed by atoms with van der Waals surface area (Å²) in [6.45, 7) is 0. The molecule has 2 N–H and O–H groups in total. The Morgan fingerprint density at radius 1 is 1.62 bits per heavy atom. The number of carbonyl (C=O) groups is 1. The van der Waals surface area contributed by atoms with E-state index in [-0.39, 0.29) is 4.88 Å². The summed E-state index contributed by atoms with van der Waals surface area (Å²) in [7, 11) is 0. The third-order valence-electron chi connectivity index (χ3n) is 2.30. The fraction of sp³-hybridized carbons (Fsp3) is 0.500. The standard InChI is InChI=1S/C8H9NO3S/c10-6(11)5-4-9-7(13-5)8(12)2-1-3-8/h4,12H,1-3H2,(H,10,11). The summed E-state index contributed by atoms with van der Waals surface area (Å²) < 4.78 is 0. The van der Waals surface area contributed by atoms with Gasteiger partial charge in [0, 0.05) is 0 Å². The van der Waals surface area contributed by atoms with E-state index in [4.69, 9.17) is 5.11 Å². The molecule has 1 heterocycles. The lowest BCUT2D eigenvalue weighted by atomic mass is 9.81. The van der Waals surface area contributed by atoms with Gasteiger partial charge in [-0.3, -0.25) is 0 Å². The van der Waals surface area contributed by atoms with Crippen molar-refractivity contribution in [3.05, 3.63) is 16.1 Å². The highest BCUT2D eigenvalue weighted by Crippen LogP contribution is 2.42. The highest BCUT2D eigenvalue weighted by Gasteiger charge is 2.39. The van der Waals surface area contributed by atoms with Crippen molar-refractivity contribution in [1.82, 2.24) is 4.98 Å². The van der Waals surface area contributed by atoms with E-state index in [1.54, 1.807) is 0 Å². The molecule has 13 heavy (non-hydrogen) atoms. The van der Waals surface area contributed by atoms with Gasteiger partial charge in [0.05, 0.1) is 6.20 Å². The summed E-state index contributed by atoms with van der Waals surface area (Å²) in [5.74, 6) is -0.980. The molecule has 0 spiro atoms. The van der Waals surface area contributed by atoms with Crippen LogP contribution in [-0.2, 0) is 5.60 Å². The molecule has 70 valence electrons. The van der Waals surface area contributed by atoms with Crippen LogP contribution in [0.2, 0.25) is 0 Å². The van der Waals surface area contributed by atoms with Crippen LogP contribution in [0.25, 0.3) is 0 Å². The number of rotatable bonds is 2. The lowest BCUT2D eigenvalue weighted by Crippen LogP contribution is -2.33. The van der Waals surface area contributed by atoms with Gasteiger partial charge in [-0.25, -0.2) is 9.78 Å². The molecule has 0 saturated heterocycles. The van der Waals surface area contributed by atoms with Crippen molar-refractivity contribution in [2.24, 2.45) is 0 Å². The maximum Gasteiger partial charge on any atom is 0.347 e. The Hall–Kier alpha value is -0.940. The summed E-state index contributed by atoms with van der Waals surface area (Å²) in [4.78, 5) is 14.6. The van der Waals surface area contributed by atoms with E-state index in [2.05, 4.69) is 4.98 Å². The summed E-state index contributed by atoms with van der Waals surface area (Å²) in [6.07, 6.45) is 3.68. The molecule has 0 aliphatic heterocycles. The Balaban J connectivity index is 2.27. The second-order valence-corrected chi connectivity index (χ2v) is 4.25. The monoisotopic (exact) mass is 199 g/mol. The van der Waals surface area contributed by atoms with Gasteiger partial charge in [0.1, 0.15) is 15.5 Å². The summed E-state index contributed by atoms with van der Waals surface area (Å²) >= 11 is 1.06. The Bertz CT molecular complexity index is 343. The van der Waals surface area contributed by atoms with Gasteiger partial charge in [-0.1, -0.05) is 0 Å². The van der Waals surface area contributed by atoms with Crippen molar-refractivity contribution >= 4 is 17.3 Å². The van der Waals surface area contributed by atoms with Gasteiger partial charge in [-0.2, -0.15) is 0 Å². The van der Waals surface area contributed by atoms with Crippen molar-refractivity contribution in [2.45, 2.75) is 24.9 Å². The van der Waals surface area contributed by atoms with E-state index >= 15 is 0 Å². The molecular weight excluding hydrogens is 190 g/mol. The third kappa shape index (κ3) is 1.34. The van der Waals surface area contributed by atoms with Gasteiger partial charge in [-0.15, -0.1) is 11.3 Å². The fourth-order valence-electron chi connectivity index (χ4n) is 1.31. The molecule has 1 aliphatic rings. The molecule has 1 aromatic heterocycles. The Morgan fingerprint density at radius 2 is 2.31 bits per heavy atom. The molecule has 1 aromatic rings. The van der Waals surface area contributed by atoms with Crippen LogP contribution < -0.4 is 0 Å². The lowest BCUT2D eigenvalue weighted by molar-refractivity contribution is -0.0389.